The molecule has 2 aliphatic heterocycles. The molecule has 2 aromatic carbocycles. The lowest BCUT2D eigenvalue weighted by atomic mass is 9.97. The second-order valence-corrected chi connectivity index (χ2v) is 9.77. The van der Waals surface area contributed by atoms with E-state index in [1.54, 1.807) is 0 Å². The number of benzene rings is 2. The predicted octanol–water partition coefficient (Wildman–Crippen LogP) is 6.45. The number of likely N-dealkylation sites (tertiary alicyclic amines) is 1. The van der Waals surface area contributed by atoms with Gasteiger partial charge in [0, 0.05) is 40.0 Å². The maximum atomic E-state index is 6.32. The minimum absolute atomic E-state index is 0.330. The molecule has 2 aliphatic rings. The summed E-state index contributed by atoms with van der Waals surface area (Å²) in [5, 5.41) is 0.809. The molecule has 0 N–H and O–H groups in total. The summed E-state index contributed by atoms with van der Waals surface area (Å²) in [4.78, 5) is 7.75. The largest absolute Gasteiger partial charge is 0.340 e. The zero-order chi connectivity index (χ0) is 18.3. The number of hydrogen-bond acceptors (Lipinski definition) is 3. The number of nitrogens with zero attached hydrogens (tertiary/aromatic N) is 2. The molecule has 2 nitrogen and oxygen atoms in total. The second kappa shape index (κ2) is 7.10. The Bertz CT molecular complexity index is 804. The third-order valence-corrected chi connectivity index (χ3v) is 7.00. The molecule has 0 aliphatic carbocycles. The molecule has 1 atom stereocenters. The van der Waals surface area contributed by atoms with Crippen molar-refractivity contribution in [1.29, 1.82) is 0 Å². The lowest BCUT2D eigenvalue weighted by Gasteiger charge is -2.35. The number of hydrogen-bond donors (Lipinski definition) is 0. The third-order valence-electron chi connectivity index (χ3n) is 5.63. The highest BCUT2D eigenvalue weighted by molar-refractivity contribution is 7.99. The first-order chi connectivity index (χ1) is 12.4. The van der Waals surface area contributed by atoms with Crippen LogP contribution in [-0.4, -0.2) is 30.1 Å². The average Bonchev–Trinajstić information content (AvgIpc) is 2.86. The zero-order valence-electron chi connectivity index (χ0n) is 15.8. The summed E-state index contributed by atoms with van der Waals surface area (Å²) in [6, 6.07) is 15.0. The first-order valence-electron chi connectivity index (χ1n) is 9.53. The Balaban J connectivity index is 1.54. The van der Waals surface area contributed by atoms with Gasteiger partial charge in [0.2, 0.25) is 0 Å². The van der Waals surface area contributed by atoms with Gasteiger partial charge in [0.25, 0.3) is 0 Å². The van der Waals surface area contributed by atoms with Crippen LogP contribution in [0.25, 0.3) is 0 Å². The summed E-state index contributed by atoms with van der Waals surface area (Å²) in [6.45, 7) is 10.5. The SMILES string of the molecule is C[C@@H]1CN(CCCN2c3ccccc3Sc3ccc(Cl)cc32)C(C)(C)C1. The topological polar surface area (TPSA) is 6.48 Å². The zero-order valence-corrected chi connectivity index (χ0v) is 17.4. The van der Waals surface area contributed by atoms with Crippen molar-refractivity contribution in [1.82, 2.24) is 4.90 Å². The normalized spacial score (nSPS) is 21.5. The fourth-order valence-electron chi connectivity index (χ4n) is 4.53. The quantitative estimate of drug-likeness (QED) is 0.595. The maximum Gasteiger partial charge on any atom is 0.0567 e. The highest BCUT2D eigenvalue weighted by Gasteiger charge is 2.35. The van der Waals surface area contributed by atoms with E-state index < -0.39 is 0 Å². The van der Waals surface area contributed by atoms with Crippen LogP contribution in [0.3, 0.4) is 0 Å². The minimum Gasteiger partial charge on any atom is -0.340 e. The molecule has 1 fully saturated rings. The number of rotatable bonds is 4. The molecule has 0 aromatic heterocycles. The van der Waals surface area contributed by atoms with Crippen LogP contribution in [0.15, 0.2) is 52.3 Å². The Morgan fingerprint density at radius 2 is 1.85 bits per heavy atom. The molecule has 4 rings (SSSR count). The average molecular weight is 387 g/mol. The van der Waals surface area contributed by atoms with E-state index in [0.717, 1.165) is 30.5 Å². The standard InChI is InChI=1S/C22H27ClN2S/c1-16-14-22(2,3)24(15-16)11-6-12-25-18-7-4-5-8-20(18)26-21-10-9-17(23)13-19(21)25/h4-5,7-10,13,16H,6,11-12,14-15H2,1-3H3/t16-/m0/s1. The van der Waals surface area contributed by atoms with Crippen molar-refractivity contribution in [2.45, 2.75) is 48.9 Å². The van der Waals surface area contributed by atoms with Crippen molar-refractivity contribution < 1.29 is 0 Å². The molecule has 2 heterocycles. The van der Waals surface area contributed by atoms with Crippen molar-refractivity contribution in [3.63, 3.8) is 0 Å². The highest BCUT2D eigenvalue weighted by Crippen LogP contribution is 2.48. The molecule has 0 saturated carbocycles. The number of fused-ring (bicyclic) bond motifs is 2. The fourth-order valence-corrected chi connectivity index (χ4v) is 5.77. The van der Waals surface area contributed by atoms with Crippen LogP contribution in [0.1, 0.15) is 33.6 Å². The number of halogens is 1. The van der Waals surface area contributed by atoms with Crippen molar-refractivity contribution in [2.24, 2.45) is 5.92 Å². The van der Waals surface area contributed by atoms with E-state index in [0.29, 0.717) is 5.54 Å². The summed E-state index contributed by atoms with van der Waals surface area (Å²) in [7, 11) is 0. The fraction of sp³-hybridized carbons (Fsp3) is 0.455. The first-order valence-corrected chi connectivity index (χ1v) is 10.7. The molecule has 26 heavy (non-hydrogen) atoms. The molecule has 0 unspecified atom stereocenters. The van der Waals surface area contributed by atoms with Gasteiger partial charge in [-0.05, 0) is 62.9 Å². The molecule has 0 radical (unpaired) electrons. The van der Waals surface area contributed by atoms with Crippen LogP contribution in [0, 0.1) is 5.92 Å². The Hall–Kier alpha value is -1.16. The van der Waals surface area contributed by atoms with Gasteiger partial charge in [-0.2, -0.15) is 0 Å². The lowest BCUT2D eigenvalue weighted by Crippen LogP contribution is -2.39. The van der Waals surface area contributed by atoms with E-state index in [9.17, 15) is 0 Å². The summed E-state index contributed by atoms with van der Waals surface area (Å²) in [5.41, 5.74) is 2.88. The molecule has 1 saturated heterocycles. The minimum atomic E-state index is 0.330. The van der Waals surface area contributed by atoms with Crippen molar-refractivity contribution >= 4 is 34.7 Å². The summed E-state index contributed by atoms with van der Waals surface area (Å²) < 4.78 is 0. The molecule has 0 spiro atoms. The number of para-hydroxylation sites is 1. The molecular formula is C22H27ClN2S. The van der Waals surface area contributed by atoms with Gasteiger partial charge in [-0.1, -0.05) is 42.4 Å². The van der Waals surface area contributed by atoms with Gasteiger partial charge >= 0.3 is 0 Å². The van der Waals surface area contributed by atoms with Gasteiger partial charge in [0.15, 0.2) is 0 Å². The Labute approximate surface area is 166 Å². The van der Waals surface area contributed by atoms with E-state index in [-0.39, 0.29) is 0 Å². The van der Waals surface area contributed by atoms with Crippen molar-refractivity contribution in [3.8, 4) is 0 Å². The Morgan fingerprint density at radius 3 is 2.62 bits per heavy atom. The summed E-state index contributed by atoms with van der Waals surface area (Å²) in [6.07, 6.45) is 2.45. The molecule has 4 heteroatoms. The van der Waals surface area contributed by atoms with Gasteiger partial charge < -0.3 is 4.90 Å². The Kier molecular flexibility index (Phi) is 4.98. The van der Waals surface area contributed by atoms with Crippen LogP contribution in [0.5, 0.6) is 0 Å². The predicted molar refractivity (Wildman–Crippen MR) is 113 cm³/mol. The molecule has 0 bridgehead atoms. The van der Waals surface area contributed by atoms with Crippen LogP contribution >= 0.6 is 23.4 Å². The van der Waals surface area contributed by atoms with Crippen LogP contribution in [0.2, 0.25) is 5.02 Å². The van der Waals surface area contributed by atoms with Crippen LogP contribution < -0.4 is 4.90 Å². The van der Waals surface area contributed by atoms with E-state index in [2.05, 4.69) is 67.0 Å². The van der Waals surface area contributed by atoms with E-state index in [1.165, 1.54) is 34.1 Å². The monoisotopic (exact) mass is 386 g/mol. The van der Waals surface area contributed by atoms with E-state index in [1.807, 2.05) is 17.8 Å². The summed E-state index contributed by atoms with van der Waals surface area (Å²) in [5.74, 6) is 0.802. The Morgan fingerprint density at radius 1 is 1.08 bits per heavy atom. The second-order valence-electron chi connectivity index (χ2n) is 8.25. The molecular weight excluding hydrogens is 360 g/mol. The smallest absolute Gasteiger partial charge is 0.0567 e. The van der Waals surface area contributed by atoms with Crippen LogP contribution in [-0.2, 0) is 0 Å². The molecule has 0 amide bonds. The van der Waals surface area contributed by atoms with Gasteiger partial charge in [-0.3, -0.25) is 4.90 Å². The van der Waals surface area contributed by atoms with E-state index in [4.69, 9.17) is 11.6 Å². The van der Waals surface area contributed by atoms with Gasteiger partial charge in [0.05, 0.1) is 11.4 Å². The van der Waals surface area contributed by atoms with E-state index >= 15 is 0 Å². The van der Waals surface area contributed by atoms with Gasteiger partial charge in [0.1, 0.15) is 0 Å². The lowest BCUT2D eigenvalue weighted by molar-refractivity contribution is 0.174. The van der Waals surface area contributed by atoms with Gasteiger partial charge in [-0.25, -0.2) is 0 Å². The van der Waals surface area contributed by atoms with Gasteiger partial charge in [-0.15, -0.1) is 0 Å². The third kappa shape index (κ3) is 3.49. The number of anilines is 2. The highest BCUT2D eigenvalue weighted by atomic mass is 35.5. The van der Waals surface area contributed by atoms with Crippen molar-refractivity contribution in [2.75, 3.05) is 24.5 Å². The van der Waals surface area contributed by atoms with Crippen LogP contribution in [0.4, 0.5) is 11.4 Å². The van der Waals surface area contributed by atoms with Crippen molar-refractivity contribution in [3.05, 3.63) is 47.5 Å². The maximum absolute atomic E-state index is 6.32. The molecule has 2 aromatic rings. The summed E-state index contributed by atoms with van der Waals surface area (Å²) >= 11 is 8.16. The first kappa shape index (κ1) is 18.2. The molecule has 138 valence electrons.